The molecule has 3 nitrogen and oxygen atoms in total. The molecule has 21 heavy (non-hydrogen) atoms. The quantitative estimate of drug-likeness (QED) is 0.852. The van der Waals surface area contributed by atoms with Crippen LogP contribution in [0.3, 0.4) is 0 Å². The fourth-order valence-corrected chi connectivity index (χ4v) is 3.47. The van der Waals surface area contributed by atoms with Crippen LogP contribution in [0.25, 0.3) is 0 Å². The van der Waals surface area contributed by atoms with Crippen molar-refractivity contribution in [3.63, 3.8) is 0 Å². The first-order valence-corrected chi connectivity index (χ1v) is 7.66. The average molecular weight is 312 g/mol. The Labute approximate surface area is 128 Å². The van der Waals surface area contributed by atoms with E-state index in [9.17, 15) is 8.78 Å². The van der Waals surface area contributed by atoms with Crippen LogP contribution >= 0.6 is 12.2 Å². The molecule has 2 atom stereocenters. The lowest BCUT2D eigenvalue weighted by Crippen LogP contribution is -2.53. The monoisotopic (exact) mass is 312 g/mol. The molecule has 2 unspecified atom stereocenters. The summed E-state index contributed by atoms with van der Waals surface area (Å²) in [5.74, 6) is -1.21. The van der Waals surface area contributed by atoms with Crippen molar-refractivity contribution in [1.29, 1.82) is 0 Å². The maximum absolute atomic E-state index is 14.4. The van der Waals surface area contributed by atoms with Crippen LogP contribution in [-0.2, 0) is 4.74 Å². The number of morpholine rings is 1. The smallest absolute Gasteiger partial charge is 0.150 e. The minimum Gasteiger partial charge on any atom is -0.389 e. The second-order valence-corrected chi connectivity index (χ2v) is 6.05. The number of nitrogens with zero attached hydrogens (tertiary/aromatic N) is 1. The number of anilines is 1. The molecule has 1 aromatic carbocycles. The number of rotatable bonds is 2. The Kier molecular flexibility index (Phi) is 4.08. The van der Waals surface area contributed by atoms with Gasteiger partial charge in [-0.1, -0.05) is 25.1 Å². The van der Waals surface area contributed by atoms with Crippen molar-refractivity contribution in [2.45, 2.75) is 37.8 Å². The van der Waals surface area contributed by atoms with Crippen LogP contribution in [-0.4, -0.2) is 30.3 Å². The van der Waals surface area contributed by atoms with E-state index in [2.05, 4.69) is 0 Å². The highest BCUT2D eigenvalue weighted by Crippen LogP contribution is 2.35. The van der Waals surface area contributed by atoms with Crippen LogP contribution in [0.5, 0.6) is 0 Å². The van der Waals surface area contributed by atoms with Gasteiger partial charge in [0.25, 0.3) is 0 Å². The minimum absolute atomic E-state index is 0.00290. The summed E-state index contributed by atoms with van der Waals surface area (Å²) in [6, 6.07) is 2.48. The molecule has 1 aliphatic heterocycles. The molecule has 1 saturated carbocycles. The molecule has 1 saturated heterocycles. The van der Waals surface area contributed by atoms with E-state index in [1.54, 1.807) is 0 Å². The van der Waals surface area contributed by atoms with Crippen molar-refractivity contribution in [3.8, 4) is 0 Å². The van der Waals surface area contributed by atoms with Gasteiger partial charge in [-0.25, -0.2) is 8.78 Å². The third-order valence-electron chi connectivity index (χ3n) is 4.32. The number of benzene rings is 1. The first-order valence-electron chi connectivity index (χ1n) is 7.25. The van der Waals surface area contributed by atoms with Gasteiger partial charge in [0.05, 0.1) is 18.8 Å². The Morgan fingerprint density at radius 2 is 1.90 bits per heavy atom. The summed E-state index contributed by atoms with van der Waals surface area (Å²) in [6.07, 6.45) is 4.10. The van der Waals surface area contributed by atoms with Crippen molar-refractivity contribution in [2.24, 2.45) is 5.73 Å². The molecule has 1 aliphatic carbocycles. The van der Waals surface area contributed by atoms with Crippen molar-refractivity contribution in [2.75, 3.05) is 18.1 Å². The first-order chi connectivity index (χ1) is 10.1. The van der Waals surface area contributed by atoms with Crippen molar-refractivity contribution >= 4 is 22.9 Å². The lowest BCUT2D eigenvalue weighted by molar-refractivity contribution is -0.00916. The van der Waals surface area contributed by atoms with Gasteiger partial charge in [0.1, 0.15) is 22.3 Å². The molecular formula is C15H18F2N2OS. The summed E-state index contributed by atoms with van der Waals surface area (Å²) < 4.78 is 34.5. The normalized spacial score (nSPS) is 25.5. The van der Waals surface area contributed by atoms with Gasteiger partial charge < -0.3 is 15.4 Å². The molecule has 1 heterocycles. The molecule has 0 radical (unpaired) electrons. The van der Waals surface area contributed by atoms with E-state index in [1.165, 1.54) is 12.1 Å². The summed E-state index contributed by atoms with van der Waals surface area (Å²) in [7, 11) is 0. The van der Waals surface area contributed by atoms with Crippen LogP contribution in [0.15, 0.2) is 12.1 Å². The van der Waals surface area contributed by atoms with E-state index >= 15 is 0 Å². The Balaban J connectivity index is 1.97. The first kappa shape index (κ1) is 14.7. The second kappa shape index (κ2) is 5.85. The highest BCUT2D eigenvalue weighted by atomic mass is 32.1. The van der Waals surface area contributed by atoms with Crippen molar-refractivity contribution in [3.05, 3.63) is 29.3 Å². The fourth-order valence-electron chi connectivity index (χ4n) is 3.36. The third-order valence-corrected chi connectivity index (χ3v) is 4.56. The zero-order chi connectivity index (χ0) is 15.0. The zero-order valence-corrected chi connectivity index (χ0v) is 12.5. The predicted octanol–water partition coefficient (Wildman–Crippen LogP) is 2.75. The van der Waals surface area contributed by atoms with E-state index in [0.29, 0.717) is 13.2 Å². The molecule has 2 fully saturated rings. The molecule has 6 heteroatoms. The molecular weight excluding hydrogens is 294 g/mol. The van der Waals surface area contributed by atoms with Gasteiger partial charge >= 0.3 is 0 Å². The van der Waals surface area contributed by atoms with Gasteiger partial charge in [-0.15, -0.1) is 0 Å². The summed E-state index contributed by atoms with van der Waals surface area (Å²) >= 11 is 4.78. The van der Waals surface area contributed by atoms with E-state index in [1.807, 2.05) is 4.90 Å². The number of hydrogen-bond acceptors (Lipinski definition) is 3. The largest absolute Gasteiger partial charge is 0.389 e. The highest BCUT2D eigenvalue weighted by Gasteiger charge is 2.36. The van der Waals surface area contributed by atoms with Gasteiger partial charge in [-0.3, -0.25) is 0 Å². The Morgan fingerprint density at radius 3 is 2.57 bits per heavy atom. The topological polar surface area (TPSA) is 38.5 Å². The van der Waals surface area contributed by atoms with Crippen LogP contribution in [0, 0.1) is 11.6 Å². The molecule has 0 spiro atoms. The molecule has 0 aromatic heterocycles. The van der Waals surface area contributed by atoms with E-state index < -0.39 is 11.6 Å². The molecule has 2 aliphatic rings. The third kappa shape index (κ3) is 2.74. The standard InChI is InChI=1S/C15H18F2N2OS/c16-10-7-9(15(18)21)8-11(17)14(10)19-5-6-20-13-4-2-1-3-12(13)19/h7-8,12-13H,1-6H2,(H2,18,21). The van der Waals surface area contributed by atoms with Crippen molar-refractivity contribution < 1.29 is 13.5 Å². The molecule has 1 aromatic rings. The maximum atomic E-state index is 14.4. The van der Waals surface area contributed by atoms with Crippen LogP contribution in [0.4, 0.5) is 14.5 Å². The van der Waals surface area contributed by atoms with Crippen LogP contribution in [0.2, 0.25) is 0 Å². The van der Waals surface area contributed by atoms with Gasteiger partial charge in [0.2, 0.25) is 0 Å². The van der Waals surface area contributed by atoms with E-state index in [0.717, 1.165) is 25.7 Å². The highest BCUT2D eigenvalue weighted by molar-refractivity contribution is 7.80. The Hall–Kier alpha value is -1.27. The molecule has 3 rings (SSSR count). The van der Waals surface area contributed by atoms with Crippen molar-refractivity contribution in [1.82, 2.24) is 0 Å². The summed E-state index contributed by atoms with van der Waals surface area (Å²) in [5.41, 5.74) is 5.69. The molecule has 0 bridgehead atoms. The molecule has 114 valence electrons. The number of nitrogens with two attached hydrogens (primary N) is 1. The number of thiocarbonyl (C=S) groups is 1. The van der Waals surface area contributed by atoms with Gasteiger partial charge in [0.15, 0.2) is 0 Å². The Bertz CT molecular complexity index is 542. The zero-order valence-electron chi connectivity index (χ0n) is 11.6. The van der Waals surface area contributed by atoms with E-state index in [4.69, 9.17) is 22.7 Å². The summed E-state index contributed by atoms with van der Waals surface area (Å²) in [4.78, 5) is 1.82. The fraction of sp³-hybridized carbons (Fsp3) is 0.533. The number of fused-ring (bicyclic) bond motifs is 1. The van der Waals surface area contributed by atoms with Gasteiger partial charge in [0, 0.05) is 12.1 Å². The maximum Gasteiger partial charge on any atom is 0.150 e. The Morgan fingerprint density at radius 1 is 1.24 bits per heavy atom. The average Bonchev–Trinajstić information content (AvgIpc) is 2.46. The second-order valence-electron chi connectivity index (χ2n) is 5.61. The van der Waals surface area contributed by atoms with Crippen LogP contribution in [0.1, 0.15) is 31.2 Å². The summed E-state index contributed by atoms with van der Waals surface area (Å²) in [6.45, 7) is 0.999. The lowest BCUT2D eigenvalue weighted by Gasteiger charge is -2.45. The number of halogens is 2. The van der Waals surface area contributed by atoms with E-state index in [-0.39, 0.29) is 28.4 Å². The predicted molar refractivity (Wildman–Crippen MR) is 81.6 cm³/mol. The van der Waals surface area contributed by atoms with Gasteiger partial charge in [-0.05, 0) is 25.0 Å². The lowest BCUT2D eigenvalue weighted by atomic mass is 9.89. The molecule has 0 amide bonds. The summed E-state index contributed by atoms with van der Waals surface area (Å²) in [5, 5.41) is 0. The number of ether oxygens (including phenoxy) is 1. The minimum atomic E-state index is -0.607. The number of hydrogen-bond donors (Lipinski definition) is 1. The SMILES string of the molecule is NC(=S)c1cc(F)c(N2CCOC3CCCCC32)c(F)c1. The van der Waals surface area contributed by atoms with Crippen LogP contribution < -0.4 is 10.6 Å². The van der Waals surface area contributed by atoms with Gasteiger partial charge in [-0.2, -0.15) is 0 Å². The molecule has 2 N–H and O–H groups in total.